The lowest BCUT2D eigenvalue weighted by atomic mass is 10.2. The second-order valence-electron chi connectivity index (χ2n) is 4.11. The van der Waals surface area contributed by atoms with Crippen molar-refractivity contribution in [2.24, 2.45) is 4.40 Å². The number of nitrogen functional groups attached to an aromatic ring is 1. The van der Waals surface area contributed by atoms with Gasteiger partial charge in [-0.05, 0) is 24.3 Å². The molecule has 21 heavy (non-hydrogen) atoms. The molecule has 2 rings (SSSR count). The lowest BCUT2D eigenvalue weighted by Gasteiger charge is -2.14. The van der Waals surface area contributed by atoms with Crippen LogP contribution >= 0.6 is 11.6 Å². The van der Waals surface area contributed by atoms with E-state index in [4.69, 9.17) is 17.3 Å². The SMILES string of the molecule is C=NS(=O)(=O)c1ccc(Cl)c(N)c1NCc1ccccn1. The first-order valence-corrected chi connectivity index (χ1v) is 7.72. The number of benzene rings is 1. The first-order valence-electron chi connectivity index (χ1n) is 5.90. The third-order valence-electron chi connectivity index (χ3n) is 2.77. The van der Waals surface area contributed by atoms with E-state index in [-0.39, 0.29) is 21.3 Å². The smallest absolute Gasteiger partial charge is 0.283 e. The summed E-state index contributed by atoms with van der Waals surface area (Å²) in [6, 6.07) is 8.15. The van der Waals surface area contributed by atoms with Crippen LogP contribution in [0.2, 0.25) is 5.02 Å². The fourth-order valence-corrected chi connectivity index (χ4v) is 2.70. The monoisotopic (exact) mass is 324 g/mol. The summed E-state index contributed by atoms with van der Waals surface area (Å²) < 4.78 is 27.0. The number of hydrogen-bond donors (Lipinski definition) is 2. The van der Waals surface area contributed by atoms with E-state index in [2.05, 4.69) is 21.4 Å². The summed E-state index contributed by atoms with van der Waals surface area (Å²) in [6.07, 6.45) is 1.64. The summed E-state index contributed by atoms with van der Waals surface area (Å²) in [4.78, 5) is 4.06. The van der Waals surface area contributed by atoms with Crippen molar-refractivity contribution in [3.8, 4) is 0 Å². The molecule has 1 heterocycles. The second-order valence-corrected chi connectivity index (χ2v) is 6.17. The summed E-state index contributed by atoms with van der Waals surface area (Å²) in [5, 5.41) is 3.19. The van der Waals surface area contributed by atoms with Gasteiger partial charge in [-0.2, -0.15) is 12.8 Å². The number of anilines is 2. The van der Waals surface area contributed by atoms with E-state index < -0.39 is 10.0 Å². The van der Waals surface area contributed by atoms with E-state index in [1.807, 2.05) is 6.07 Å². The number of nitrogens with two attached hydrogens (primary N) is 1. The number of aromatic nitrogens is 1. The van der Waals surface area contributed by atoms with Crippen molar-refractivity contribution in [3.63, 3.8) is 0 Å². The van der Waals surface area contributed by atoms with Gasteiger partial charge in [0.25, 0.3) is 10.0 Å². The summed E-state index contributed by atoms with van der Waals surface area (Å²) in [6.45, 7) is 3.37. The number of pyridine rings is 1. The predicted molar refractivity (Wildman–Crippen MR) is 84.2 cm³/mol. The van der Waals surface area contributed by atoms with Crippen LogP contribution in [0.15, 0.2) is 45.8 Å². The third-order valence-corrected chi connectivity index (χ3v) is 4.34. The maximum absolute atomic E-state index is 11.9. The molecule has 1 aromatic heterocycles. The Kier molecular flexibility index (Phi) is 4.44. The third kappa shape index (κ3) is 3.32. The molecule has 0 saturated heterocycles. The molecule has 6 nitrogen and oxygen atoms in total. The Morgan fingerprint density at radius 3 is 2.71 bits per heavy atom. The Bertz CT molecular complexity index is 763. The summed E-state index contributed by atoms with van der Waals surface area (Å²) in [5.74, 6) is 0. The van der Waals surface area contributed by atoms with Crippen molar-refractivity contribution in [2.75, 3.05) is 11.1 Å². The highest BCUT2D eigenvalue weighted by atomic mass is 35.5. The highest BCUT2D eigenvalue weighted by Crippen LogP contribution is 2.34. The van der Waals surface area contributed by atoms with Gasteiger partial charge < -0.3 is 11.1 Å². The second kappa shape index (κ2) is 6.11. The molecular formula is C13H13ClN4O2S. The van der Waals surface area contributed by atoms with Crippen LogP contribution in [-0.4, -0.2) is 20.1 Å². The van der Waals surface area contributed by atoms with Crippen molar-refractivity contribution < 1.29 is 8.42 Å². The van der Waals surface area contributed by atoms with Crippen molar-refractivity contribution in [1.29, 1.82) is 0 Å². The fraction of sp³-hybridized carbons (Fsp3) is 0.0769. The van der Waals surface area contributed by atoms with Crippen molar-refractivity contribution >= 4 is 39.7 Å². The number of nitrogens with zero attached hydrogens (tertiary/aromatic N) is 2. The van der Waals surface area contributed by atoms with Gasteiger partial charge in [0.15, 0.2) is 0 Å². The Hall–Kier alpha value is -2.12. The topological polar surface area (TPSA) is 97.4 Å². The average molecular weight is 325 g/mol. The van der Waals surface area contributed by atoms with E-state index in [0.29, 0.717) is 6.54 Å². The highest BCUT2D eigenvalue weighted by molar-refractivity contribution is 7.90. The molecule has 0 atom stereocenters. The van der Waals surface area contributed by atoms with E-state index in [1.165, 1.54) is 12.1 Å². The first kappa shape index (κ1) is 15.3. The van der Waals surface area contributed by atoms with Crippen molar-refractivity contribution in [1.82, 2.24) is 4.98 Å². The van der Waals surface area contributed by atoms with E-state index in [9.17, 15) is 8.42 Å². The van der Waals surface area contributed by atoms with Gasteiger partial charge in [-0.15, -0.1) is 0 Å². The largest absolute Gasteiger partial charge is 0.396 e. The molecule has 0 radical (unpaired) electrons. The van der Waals surface area contributed by atoms with E-state index in [0.717, 1.165) is 5.69 Å². The molecule has 1 aromatic carbocycles. The Morgan fingerprint density at radius 2 is 2.10 bits per heavy atom. The van der Waals surface area contributed by atoms with Gasteiger partial charge in [-0.3, -0.25) is 4.98 Å². The number of hydrogen-bond acceptors (Lipinski definition) is 5. The molecule has 8 heteroatoms. The summed E-state index contributed by atoms with van der Waals surface area (Å²) >= 11 is 5.94. The standard InChI is InChI=1S/C13H13ClN4O2S/c1-16-21(19,20)11-6-5-10(14)12(15)13(11)18-8-9-4-2-3-7-17-9/h2-7,18H,1,8,15H2. The number of sulfonamides is 1. The lowest BCUT2D eigenvalue weighted by molar-refractivity contribution is 0.598. The molecule has 0 aliphatic heterocycles. The molecule has 2 aromatic rings. The Morgan fingerprint density at radius 1 is 1.33 bits per heavy atom. The van der Waals surface area contributed by atoms with Crippen molar-refractivity contribution in [2.45, 2.75) is 11.4 Å². The van der Waals surface area contributed by atoms with Gasteiger partial charge in [0.2, 0.25) is 0 Å². The van der Waals surface area contributed by atoms with Gasteiger partial charge in [0, 0.05) is 12.9 Å². The van der Waals surface area contributed by atoms with Gasteiger partial charge >= 0.3 is 0 Å². The zero-order chi connectivity index (χ0) is 15.5. The number of halogens is 1. The molecule has 0 aliphatic rings. The highest BCUT2D eigenvalue weighted by Gasteiger charge is 2.20. The predicted octanol–water partition coefficient (Wildman–Crippen LogP) is 2.32. The van der Waals surface area contributed by atoms with Crippen LogP contribution in [-0.2, 0) is 16.6 Å². The zero-order valence-corrected chi connectivity index (χ0v) is 12.5. The zero-order valence-electron chi connectivity index (χ0n) is 11.0. The van der Waals surface area contributed by atoms with Crippen molar-refractivity contribution in [3.05, 3.63) is 47.2 Å². The quantitative estimate of drug-likeness (QED) is 0.649. The number of nitrogens with one attached hydrogen (secondary N) is 1. The minimum atomic E-state index is -3.88. The minimum Gasteiger partial charge on any atom is -0.396 e. The van der Waals surface area contributed by atoms with E-state index >= 15 is 0 Å². The van der Waals surface area contributed by atoms with Gasteiger partial charge in [-0.1, -0.05) is 17.7 Å². The maximum atomic E-state index is 11.9. The summed E-state index contributed by atoms with van der Waals surface area (Å²) in [5.41, 5.74) is 6.92. The molecule has 0 amide bonds. The van der Waals surface area contributed by atoms with Crippen LogP contribution in [0.4, 0.5) is 11.4 Å². The molecular weight excluding hydrogens is 312 g/mol. The van der Waals surface area contributed by atoms with Gasteiger partial charge in [0.1, 0.15) is 4.90 Å². The summed E-state index contributed by atoms with van der Waals surface area (Å²) in [7, 11) is -3.88. The fourth-order valence-electron chi connectivity index (χ4n) is 1.72. The average Bonchev–Trinajstić information content (AvgIpc) is 2.49. The molecule has 0 fully saturated rings. The van der Waals surface area contributed by atoms with Gasteiger partial charge in [-0.25, -0.2) is 0 Å². The van der Waals surface area contributed by atoms with Crippen LogP contribution < -0.4 is 11.1 Å². The minimum absolute atomic E-state index is 0.0738. The van der Waals surface area contributed by atoms with Crippen LogP contribution in [0.25, 0.3) is 0 Å². The van der Waals surface area contributed by atoms with Crippen LogP contribution in [0.1, 0.15) is 5.69 Å². The molecule has 0 bridgehead atoms. The molecule has 3 N–H and O–H groups in total. The molecule has 0 aliphatic carbocycles. The maximum Gasteiger partial charge on any atom is 0.283 e. The normalized spacial score (nSPS) is 11.1. The lowest BCUT2D eigenvalue weighted by Crippen LogP contribution is -2.09. The van der Waals surface area contributed by atoms with Crippen LogP contribution in [0.5, 0.6) is 0 Å². The van der Waals surface area contributed by atoms with Gasteiger partial charge in [0.05, 0.1) is 28.6 Å². The molecule has 0 saturated carbocycles. The molecule has 0 unspecified atom stereocenters. The number of rotatable bonds is 5. The Labute approximate surface area is 127 Å². The Balaban J connectivity index is 2.42. The first-order chi connectivity index (χ1) is 9.95. The van der Waals surface area contributed by atoms with Crippen LogP contribution in [0, 0.1) is 0 Å². The van der Waals surface area contributed by atoms with Crippen LogP contribution in [0.3, 0.4) is 0 Å². The molecule has 0 spiro atoms. The van der Waals surface area contributed by atoms with E-state index in [1.54, 1.807) is 18.3 Å². The molecule has 110 valence electrons.